The van der Waals surface area contributed by atoms with Crippen molar-refractivity contribution in [1.29, 1.82) is 0 Å². The summed E-state index contributed by atoms with van der Waals surface area (Å²) in [6, 6.07) is 6.30. The second kappa shape index (κ2) is 5.97. The van der Waals surface area contributed by atoms with Crippen molar-refractivity contribution in [2.45, 2.75) is 25.3 Å². The lowest BCUT2D eigenvalue weighted by Crippen LogP contribution is -2.34. The summed E-state index contributed by atoms with van der Waals surface area (Å²) < 4.78 is 1.35. The lowest BCUT2D eigenvalue weighted by Gasteiger charge is -2.07. The Morgan fingerprint density at radius 1 is 1.32 bits per heavy atom. The molecule has 0 radical (unpaired) electrons. The van der Waals surface area contributed by atoms with Crippen LogP contribution in [0, 0.1) is 0 Å². The lowest BCUT2D eigenvalue weighted by molar-refractivity contribution is 0.0950. The van der Waals surface area contributed by atoms with Gasteiger partial charge in [-0.2, -0.15) is 5.10 Å². The fraction of sp³-hybridized carbons (Fsp3) is 0.333. The largest absolute Gasteiger partial charge is 0.350 e. The summed E-state index contributed by atoms with van der Waals surface area (Å²) in [4.78, 5) is 37.6. The van der Waals surface area contributed by atoms with Crippen LogP contribution in [-0.2, 0) is 6.54 Å². The average molecular weight is 300 g/mol. The molecule has 114 valence electrons. The van der Waals surface area contributed by atoms with Gasteiger partial charge in [-0.25, -0.2) is 4.68 Å². The number of nitrogens with zero attached hydrogens (tertiary/aromatic N) is 2. The van der Waals surface area contributed by atoms with Crippen LogP contribution in [0.3, 0.4) is 0 Å². The van der Waals surface area contributed by atoms with Gasteiger partial charge in [-0.15, -0.1) is 0 Å². The first-order valence-corrected chi connectivity index (χ1v) is 7.19. The summed E-state index contributed by atoms with van der Waals surface area (Å²) >= 11 is 0. The van der Waals surface area contributed by atoms with Crippen LogP contribution >= 0.6 is 0 Å². The van der Waals surface area contributed by atoms with Gasteiger partial charge in [0.25, 0.3) is 17.0 Å². The molecule has 0 spiro atoms. The van der Waals surface area contributed by atoms with Crippen molar-refractivity contribution in [3.05, 3.63) is 62.4 Å². The van der Waals surface area contributed by atoms with E-state index in [9.17, 15) is 14.4 Å². The van der Waals surface area contributed by atoms with Gasteiger partial charge in [0, 0.05) is 24.7 Å². The predicted octanol–water partition coefficient (Wildman–Crippen LogP) is 0.239. The molecule has 1 aliphatic rings. The molecule has 1 aliphatic carbocycles. The van der Waals surface area contributed by atoms with Crippen molar-refractivity contribution in [1.82, 2.24) is 20.1 Å². The van der Waals surface area contributed by atoms with E-state index >= 15 is 0 Å². The van der Waals surface area contributed by atoms with Gasteiger partial charge >= 0.3 is 0 Å². The van der Waals surface area contributed by atoms with Crippen LogP contribution in [0.1, 0.15) is 34.8 Å². The lowest BCUT2D eigenvalue weighted by atomic mass is 10.2. The Balaban J connectivity index is 1.62. The third-order valence-corrected chi connectivity index (χ3v) is 3.55. The number of aromatic amines is 1. The monoisotopic (exact) mass is 300 g/mol. The quantitative estimate of drug-likeness (QED) is 0.826. The standard InChI is InChI=1S/C15H16N4O3/c20-13-6-5-12(10-3-4-10)18-19(13)9-8-17-15(22)11-2-1-7-16-14(11)21/h1-2,5-7,10H,3-4,8-9H2,(H,16,21)(H,17,22). The van der Waals surface area contributed by atoms with E-state index in [1.807, 2.05) is 0 Å². The van der Waals surface area contributed by atoms with Crippen LogP contribution in [0.25, 0.3) is 0 Å². The Kier molecular flexibility index (Phi) is 3.86. The summed E-state index contributed by atoms with van der Waals surface area (Å²) in [5.74, 6) is -0.00225. The molecule has 0 bridgehead atoms. The van der Waals surface area contributed by atoms with E-state index in [-0.39, 0.29) is 24.2 Å². The highest BCUT2D eigenvalue weighted by Gasteiger charge is 2.25. The molecule has 1 saturated carbocycles. The number of nitrogens with one attached hydrogen (secondary N) is 2. The number of hydrogen-bond donors (Lipinski definition) is 2. The molecule has 0 aromatic carbocycles. The summed E-state index contributed by atoms with van der Waals surface area (Å²) in [5.41, 5.74) is 0.335. The molecule has 1 fully saturated rings. The van der Waals surface area contributed by atoms with Gasteiger partial charge in [0.05, 0.1) is 12.2 Å². The molecular weight excluding hydrogens is 284 g/mol. The molecule has 7 nitrogen and oxygen atoms in total. The van der Waals surface area contributed by atoms with Crippen LogP contribution in [0.4, 0.5) is 0 Å². The number of pyridine rings is 1. The Morgan fingerprint density at radius 2 is 2.14 bits per heavy atom. The average Bonchev–Trinajstić information content (AvgIpc) is 3.34. The highest BCUT2D eigenvalue weighted by Crippen LogP contribution is 2.38. The topological polar surface area (TPSA) is 96.8 Å². The molecule has 7 heteroatoms. The zero-order valence-corrected chi connectivity index (χ0v) is 11.9. The van der Waals surface area contributed by atoms with Crippen LogP contribution in [0.2, 0.25) is 0 Å². The second-order valence-electron chi connectivity index (χ2n) is 5.26. The van der Waals surface area contributed by atoms with Gasteiger partial charge in [-0.1, -0.05) is 0 Å². The van der Waals surface area contributed by atoms with Crippen molar-refractivity contribution in [2.24, 2.45) is 0 Å². The highest BCUT2D eigenvalue weighted by atomic mass is 16.2. The van der Waals surface area contributed by atoms with Crippen LogP contribution < -0.4 is 16.4 Å². The third-order valence-electron chi connectivity index (χ3n) is 3.55. The number of H-pyrrole nitrogens is 1. The first-order chi connectivity index (χ1) is 10.6. The molecule has 0 saturated heterocycles. The maximum Gasteiger partial charge on any atom is 0.266 e. The van der Waals surface area contributed by atoms with E-state index in [1.165, 1.54) is 23.0 Å². The Hall–Kier alpha value is -2.70. The molecule has 2 aromatic rings. The molecule has 0 unspecified atom stereocenters. The zero-order valence-electron chi connectivity index (χ0n) is 11.9. The number of aromatic nitrogens is 3. The summed E-state index contributed by atoms with van der Waals surface area (Å²) in [6.45, 7) is 0.504. The molecule has 2 aromatic heterocycles. The summed E-state index contributed by atoms with van der Waals surface area (Å²) in [5, 5.41) is 6.93. The molecule has 2 N–H and O–H groups in total. The van der Waals surface area contributed by atoms with E-state index in [4.69, 9.17) is 0 Å². The van der Waals surface area contributed by atoms with Gasteiger partial charge < -0.3 is 10.3 Å². The van der Waals surface area contributed by atoms with Crippen LogP contribution in [-0.4, -0.2) is 27.2 Å². The van der Waals surface area contributed by atoms with E-state index in [2.05, 4.69) is 15.4 Å². The van der Waals surface area contributed by atoms with Crippen LogP contribution in [0.15, 0.2) is 40.1 Å². The minimum atomic E-state index is -0.465. The van der Waals surface area contributed by atoms with Crippen molar-refractivity contribution >= 4 is 5.91 Å². The molecular formula is C15H16N4O3. The maximum atomic E-state index is 11.9. The van der Waals surface area contributed by atoms with Gasteiger partial charge in [-0.3, -0.25) is 14.4 Å². The van der Waals surface area contributed by atoms with Crippen molar-refractivity contribution in [3.63, 3.8) is 0 Å². The van der Waals surface area contributed by atoms with E-state index < -0.39 is 11.5 Å². The van der Waals surface area contributed by atoms with Gasteiger partial charge in [0.1, 0.15) is 5.56 Å². The number of amides is 1. The minimum absolute atomic E-state index is 0.0505. The normalized spacial score (nSPS) is 13.8. The molecule has 22 heavy (non-hydrogen) atoms. The first-order valence-electron chi connectivity index (χ1n) is 7.19. The summed E-state index contributed by atoms with van der Waals surface area (Å²) in [7, 11) is 0. The molecule has 1 amide bonds. The zero-order chi connectivity index (χ0) is 15.5. The number of rotatable bonds is 5. The van der Waals surface area contributed by atoms with Gasteiger partial charge in [-0.05, 0) is 31.0 Å². The Bertz CT molecular complexity index is 805. The van der Waals surface area contributed by atoms with Crippen molar-refractivity contribution < 1.29 is 4.79 Å². The Morgan fingerprint density at radius 3 is 2.86 bits per heavy atom. The molecule has 2 heterocycles. The minimum Gasteiger partial charge on any atom is -0.350 e. The van der Waals surface area contributed by atoms with Crippen molar-refractivity contribution in [3.8, 4) is 0 Å². The molecule has 0 atom stereocenters. The first kappa shape index (κ1) is 14.2. The van der Waals surface area contributed by atoms with Gasteiger partial charge in [0.15, 0.2) is 0 Å². The highest BCUT2D eigenvalue weighted by molar-refractivity contribution is 5.93. The second-order valence-corrected chi connectivity index (χ2v) is 5.26. The SMILES string of the molecule is O=C(NCCn1nc(C2CC2)ccc1=O)c1ccc[nH]c1=O. The Labute approximate surface area is 126 Å². The smallest absolute Gasteiger partial charge is 0.266 e. The molecule has 3 rings (SSSR count). The number of carbonyl (C=O) groups is 1. The third kappa shape index (κ3) is 3.13. The van der Waals surface area contributed by atoms with E-state index in [0.29, 0.717) is 5.92 Å². The number of hydrogen-bond acceptors (Lipinski definition) is 4. The van der Waals surface area contributed by atoms with Crippen LogP contribution in [0.5, 0.6) is 0 Å². The van der Waals surface area contributed by atoms with E-state index in [1.54, 1.807) is 12.1 Å². The van der Waals surface area contributed by atoms with E-state index in [0.717, 1.165) is 18.5 Å². The fourth-order valence-corrected chi connectivity index (χ4v) is 2.19. The maximum absolute atomic E-state index is 11.9. The fourth-order valence-electron chi connectivity index (χ4n) is 2.19. The summed E-state index contributed by atoms with van der Waals surface area (Å²) in [6.07, 6.45) is 3.68. The number of carbonyl (C=O) groups excluding carboxylic acids is 1. The van der Waals surface area contributed by atoms with Gasteiger partial charge in [0.2, 0.25) is 0 Å². The van der Waals surface area contributed by atoms with Crippen molar-refractivity contribution in [2.75, 3.05) is 6.54 Å². The molecule has 0 aliphatic heterocycles. The predicted molar refractivity (Wildman–Crippen MR) is 79.9 cm³/mol.